The van der Waals surface area contributed by atoms with Gasteiger partial charge in [-0.05, 0) is 0 Å². The van der Waals surface area contributed by atoms with Crippen LogP contribution in [0.25, 0.3) is 0 Å². The molecule has 1 heterocycles. The van der Waals surface area contributed by atoms with Crippen LogP contribution >= 0.6 is 0 Å². The van der Waals surface area contributed by atoms with Crippen LogP contribution in [0.5, 0.6) is 0 Å². The Balaban J connectivity index is 2.26. The van der Waals surface area contributed by atoms with E-state index in [1.807, 2.05) is 6.54 Å². The van der Waals surface area contributed by atoms with Gasteiger partial charge in [0.15, 0.2) is 0 Å². The van der Waals surface area contributed by atoms with Crippen molar-refractivity contribution >= 4 is 0 Å². The van der Waals surface area contributed by atoms with E-state index in [-0.39, 0.29) is 0 Å². The van der Waals surface area contributed by atoms with Crippen LogP contribution in [0.1, 0.15) is 0 Å². The molecule has 0 aliphatic carbocycles. The van der Waals surface area contributed by atoms with Crippen LogP contribution in [0.15, 0.2) is 12.5 Å². The number of hydrogen-bond donors (Lipinski definition) is 1. The first kappa shape index (κ1) is 3.53. The first-order valence-electron chi connectivity index (χ1n) is 1.84. The van der Waals surface area contributed by atoms with Gasteiger partial charge >= 0.3 is 0 Å². The zero-order chi connectivity index (χ0) is 4.24. The normalized spacial score (nSPS) is 18.7. The fourth-order valence-corrected chi connectivity index (χ4v) is 0.307. The zero-order valence-electron chi connectivity index (χ0n) is 3.35. The Hall–Kier alpha value is -0.660. The van der Waals surface area contributed by atoms with Crippen molar-refractivity contribution in [1.29, 1.82) is 0 Å². The Bertz CT molecular complexity index is 52.6. The molecule has 0 saturated heterocycles. The fourth-order valence-electron chi connectivity index (χ4n) is 0.307. The molecule has 0 aromatic heterocycles. The molecule has 0 aromatic carbocycles. The highest BCUT2D eigenvalue weighted by Gasteiger charge is 1.84. The molecule has 0 unspecified atom stereocenters. The van der Waals surface area contributed by atoms with Gasteiger partial charge in [0.1, 0.15) is 6.61 Å². The highest BCUT2D eigenvalue weighted by molar-refractivity contribution is 4.81. The minimum Gasteiger partial charge on any atom is -0.497 e. The van der Waals surface area contributed by atoms with Gasteiger partial charge in [0.25, 0.3) is 0 Å². The molecule has 0 bridgehead atoms. The van der Waals surface area contributed by atoms with Gasteiger partial charge in [0.2, 0.25) is 0 Å². The molecule has 1 aliphatic heterocycles. The van der Waals surface area contributed by atoms with E-state index in [9.17, 15) is 0 Å². The first-order valence-corrected chi connectivity index (χ1v) is 1.84. The molecular formula is C4H6NO. The van der Waals surface area contributed by atoms with E-state index >= 15 is 0 Å². The fraction of sp³-hybridized carbons (Fsp3) is 0.250. The second kappa shape index (κ2) is 1.70. The van der Waals surface area contributed by atoms with Gasteiger partial charge in [-0.15, -0.1) is 0 Å². The molecular weight excluding hydrogens is 78.0 g/mol. The molecule has 0 saturated carbocycles. The Kier molecular flexibility index (Phi) is 0.998. The highest BCUT2D eigenvalue weighted by Crippen LogP contribution is 1.83. The summed E-state index contributed by atoms with van der Waals surface area (Å²) in [5.74, 6) is 0. The summed E-state index contributed by atoms with van der Waals surface area (Å²) in [6.07, 6.45) is 3.36. The Morgan fingerprint density at radius 3 is 2.83 bits per heavy atom. The molecule has 33 valence electrons. The molecule has 0 spiro atoms. The van der Waals surface area contributed by atoms with E-state index in [4.69, 9.17) is 4.74 Å². The van der Waals surface area contributed by atoms with Crippen molar-refractivity contribution in [3.8, 4) is 0 Å². The van der Waals surface area contributed by atoms with E-state index in [1.54, 1.807) is 12.5 Å². The summed E-state index contributed by atoms with van der Waals surface area (Å²) in [4.78, 5) is 0. The van der Waals surface area contributed by atoms with Crippen LogP contribution in [0.4, 0.5) is 0 Å². The highest BCUT2D eigenvalue weighted by atomic mass is 16.5. The van der Waals surface area contributed by atoms with Gasteiger partial charge in [-0.25, -0.2) is 0 Å². The summed E-state index contributed by atoms with van der Waals surface area (Å²) >= 11 is 0. The summed E-state index contributed by atoms with van der Waals surface area (Å²) in [6.45, 7) is 2.51. The SMILES string of the molecule is [CH]1COC=CN1. The van der Waals surface area contributed by atoms with Crippen molar-refractivity contribution in [2.24, 2.45) is 0 Å². The Labute approximate surface area is 36.8 Å². The Morgan fingerprint density at radius 1 is 1.67 bits per heavy atom. The lowest BCUT2D eigenvalue weighted by Gasteiger charge is -2.04. The predicted octanol–water partition coefficient (Wildman–Crippen LogP) is 0.239. The van der Waals surface area contributed by atoms with Crippen LogP contribution in [-0.2, 0) is 4.74 Å². The van der Waals surface area contributed by atoms with Crippen molar-refractivity contribution in [2.75, 3.05) is 6.61 Å². The van der Waals surface area contributed by atoms with Gasteiger partial charge in [-0.1, -0.05) is 0 Å². The molecule has 6 heavy (non-hydrogen) atoms. The summed E-state index contributed by atoms with van der Waals surface area (Å²) in [6, 6.07) is 0. The van der Waals surface area contributed by atoms with Gasteiger partial charge < -0.3 is 10.1 Å². The van der Waals surface area contributed by atoms with Crippen LogP contribution in [0.3, 0.4) is 0 Å². The first-order chi connectivity index (χ1) is 3.00. The lowest BCUT2D eigenvalue weighted by atomic mass is 10.6. The summed E-state index contributed by atoms with van der Waals surface area (Å²) in [5.41, 5.74) is 0. The summed E-state index contributed by atoms with van der Waals surface area (Å²) in [7, 11) is 0. The minimum absolute atomic E-state index is 0.677. The maximum Gasteiger partial charge on any atom is 0.110 e. The average Bonchev–Trinajstić information content (AvgIpc) is 1.72. The molecule has 0 aromatic rings. The second-order valence-corrected chi connectivity index (χ2v) is 1.01. The number of hydrogen-bond acceptors (Lipinski definition) is 2. The molecule has 1 N–H and O–H groups in total. The second-order valence-electron chi connectivity index (χ2n) is 1.01. The lowest BCUT2D eigenvalue weighted by Crippen LogP contribution is -2.09. The molecule has 0 amide bonds. The number of ether oxygens (including phenoxy) is 1. The third kappa shape index (κ3) is 0.641. The van der Waals surface area contributed by atoms with Crippen molar-refractivity contribution in [3.05, 3.63) is 19.0 Å². The summed E-state index contributed by atoms with van der Waals surface area (Å²) in [5, 5.41) is 2.85. The van der Waals surface area contributed by atoms with Crippen LogP contribution < -0.4 is 5.32 Å². The monoisotopic (exact) mass is 84.0 g/mol. The average molecular weight is 84.1 g/mol. The maximum atomic E-state index is 4.77. The third-order valence-corrected chi connectivity index (χ3v) is 0.558. The van der Waals surface area contributed by atoms with Crippen LogP contribution in [-0.4, -0.2) is 6.61 Å². The molecule has 0 atom stereocenters. The van der Waals surface area contributed by atoms with Crippen molar-refractivity contribution in [3.63, 3.8) is 0 Å². The Morgan fingerprint density at radius 2 is 2.67 bits per heavy atom. The molecule has 0 fully saturated rings. The number of rotatable bonds is 0. The molecule has 1 aliphatic rings. The minimum atomic E-state index is 0.677. The van der Waals surface area contributed by atoms with E-state index in [0.29, 0.717) is 6.61 Å². The van der Waals surface area contributed by atoms with Crippen molar-refractivity contribution in [2.45, 2.75) is 0 Å². The molecule has 1 radical (unpaired) electrons. The predicted molar refractivity (Wildman–Crippen MR) is 22.5 cm³/mol. The van der Waals surface area contributed by atoms with E-state index in [0.717, 1.165) is 0 Å². The van der Waals surface area contributed by atoms with E-state index < -0.39 is 0 Å². The molecule has 1 rings (SSSR count). The van der Waals surface area contributed by atoms with Crippen LogP contribution in [0, 0.1) is 6.54 Å². The van der Waals surface area contributed by atoms with Crippen molar-refractivity contribution < 1.29 is 4.74 Å². The quantitative estimate of drug-likeness (QED) is 0.454. The molecule has 2 nitrogen and oxygen atoms in total. The largest absolute Gasteiger partial charge is 0.497 e. The third-order valence-electron chi connectivity index (χ3n) is 0.558. The number of nitrogens with one attached hydrogen (secondary N) is 1. The topological polar surface area (TPSA) is 21.3 Å². The smallest absolute Gasteiger partial charge is 0.110 e. The lowest BCUT2D eigenvalue weighted by molar-refractivity contribution is 0.258. The van der Waals surface area contributed by atoms with E-state index in [2.05, 4.69) is 5.32 Å². The standard InChI is InChI=1S/C4H6NO/c1-3-6-4-2-5-1/h1-3,5H,4H2. The van der Waals surface area contributed by atoms with Gasteiger partial charge in [0, 0.05) is 6.20 Å². The van der Waals surface area contributed by atoms with Gasteiger partial charge in [-0.2, -0.15) is 0 Å². The van der Waals surface area contributed by atoms with Crippen molar-refractivity contribution in [1.82, 2.24) is 5.32 Å². The van der Waals surface area contributed by atoms with Crippen LogP contribution in [0.2, 0.25) is 0 Å². The summed E-state index contributed by atoms with van der Waals surface area (Å²) < 4.78 is 4.77. The maximum absolute atomic E-state index is 4.77. The van der Waals surface area contributed by atoms with E-state index in [1.165, 1.54) is 0 Å². The van der Waals surface area contributed by atoms with Gasteiger partial charge in [-0.3, -0.25) is 0 Å². The van der Waals surface area contributed by atoms with Gasteiger partial charge in [0.05, 0.1) is 12.8 Å². The zero-order valence-corrected chi connectivity index (χ0v) is 3.35. The molecule has 2 heteroatoms.